The second-order valence-corrected chi connectivity index (χ2v) is 4.15. The molecule has 0 aliphatic rings. The highest BCUT2D eigenvalue weighted by Crippen LogP contribution is 2.16. The highest BCUT2D eigenvalue weighted by atomic mass is 79.9. The number of carboxylic acids is 1. The molecule has 0 saturated heterocycles. The van der Waals surface area contributed by atoms with Crippen molar-refractivity contribution in [3.05, 3.63) is 52.3 Å². The first kappa shape index (κ1) is 10.9. The van der Waals surface area contributed by atoms with Gasteiger partial charge in [-0.15, -0.1) is 0 Å². The van der Waals surface area contributed by atoms with Gasteiger partial charge in [-0.3, -0.25) is 4.68 Å². The highest BCUT2D eigenvalue weighted by molar-refractivity contribution is 9.10. The summed E-state index contributed by atoms with van der Waals surface area (Å²) in [6.07, 6.45) is 1.66. The minimum atomic E-state index is -1.01. The van der Waals surface area contributed by atoms with E-state index < -0.39 is 5.97 Å². The van der Waals surface area contributed by atoms with Gasteiger partial charge in [-0.1, -0.05) is 34.1 Å². The van der Waals surface area contributed by atoms with E-state index in [1.807, 2.05) is 24.3 Å². The van der Waals surface area contributed by atoms with Gasteiger partial charge in [0.1, 0.15) is 0 Å². The van der Waals surface area contributed by atoms with Crippen LogP contribution < -0.4 is 0 Å². The second-order valence-electron chi connectivity index (χ2n) is 3.30. The number of hydrogen-bond donors (Lipinski definition) is 1. The van der Waals surface area contributed by atoms with Gasteiger partial charge in [0, 0.05) is 10.7 Å². The molecule has 4 nitrogen and oxygen atoms in total. The zero-order valence-corrected chi connectivity index (χ0v) is 9.89. The number of carbonyl (C=O) groups is 1. The van der Waals surface area contributed by atoms with E-state index in [4.69, 9.17) is 5.11 Å². The summed E-state index contributed by atoms with van der Waals surface area (Å²) in [7, 11) is 0. The van der Waals surface area contributed by atoms with Crippen LogP contribution in [-0.2, 0) is 6.54 Å². The Morgan fingerprint density at radius 2 is 2.12 bits per heavy atom. The monoisotopic (exact) mass is 280 g/mol. The van der Waals surface area contributed by atoms with E-state index in [1.54, 1.807) is 10.9 Å². The van der Waals surface area contributed by atoms with Gasteiger partial charge in [-0.2, -0.15) is 5.10 Å². The molecule has 1 heterocycles. The van der Waals surface area contributed by atoms with Crippen molar-refractivity contribution in [3.63, 3.8) is 0 Å². The zero-order valence-electron chi connectivity index (χ0n) is 8.30. The van der Waals surface area contributed by atoms with Crippen molar-refractivity contribution in [2.24, 2.45) is 0 Å². The van der Waals surface area contributed by atoms with E-state index in [9.17, 15) is 4.79 Å². The Morgan fingerprint density at radius 3 is 2.75 bits per heavy atom. The van der Waals surface area contributed by atoms with Crippen LogP contribution >= 0.6 is 15.9 Å². The van der Waals surface area contributed by atoms with E-state index in [0.29, 0.717) is 6.54 Å². The lowest BCUT2D eigenvalue weighted by atomic mass is 10.2. The number of nitrogens with zero attached hydrogens (tertiary/aromatic N) is 2. The van der Waals surface area contributed by atoms with Crippen molar-refractivity contribution in [3.8, 4) is 0 Å². The van der Waals surface area contributed by atoms with Crippen LogP contribution in [0.25, 0.3) is 0 Å². The maximum absolute atomic E-state index is 10.6. The molecule has 82 valence electrons. The smallest absolute Gasteiger partial charge is 0.356 e. The Bertz CT molecular complexity index is 522. The van der Waals surface area contributed by atoms with Crippen molar-refractivity contribution in [2.75, 3.05) is 0 Å². The molecular formula is C11H9BrN2O2. The molecule has 1 aromatic heterocycles. The summed E-state index contributed by atoms with van der Waals surface area (Å²) in [5.41, 5.74) is 1.12. The molecule has 0 atom stereocenters. The molecule has 1 N–H and O–H groups in total. The van der Waals surface area contributed by atoms with Crippen LogP contribution in [0.2, 0.25) is 0 Å². The van der Waals surface area contributed by atoms with Crippen LogP contribution in [-0.4, -0.2) is 20.9 Å². The quantitative estimate of drug-likeness (QED) is 0.939. The Kier molecular flexibility index (Phi) is 3.05. The summed E-state index contributed by atoms with van der Waals surface area (Å²) in [5.74, 6) is -1.01. The summed E-state index contributed by atoms with van der Waals surface area (Å²) in [5, 5.41) is 12.7. The first-order valence-electron chi connectivity index (χ1n) is 4.67. The Balaban J connectivity index is 2.21. The molecule has 0 aliphatic heterocycles. The SMILES string of the molecule is O=C(O)c1ccn(Cc2ccccc2Br)n1. The third-order valence-electron chi connectivity index (χ3n) is 2.15. The summed E-state index contributed by atoms with van der Waals surface area (Å²) < 4.78 is 2.59. The lowest BCUT2D eigenvalue weighted by molar-refractivity contribution is 0.0689. The number of benzene rings is 1. The van der Waals surface area contributed by atoms with Crippen molar-refractivity contribution < 1.29 is 9.90 Å². The van der Waals surface area contributed by atoms with Crippen LogP contribution in [0.3, 0.4) is 0 Å². The fraction of sp³-hybridized carbons (Fsp3) is 0.0909. The van der Waals surface area contributed by atoms with E-state index in [0.717, 1.165) is 10.0 Å². The molecule has 0 amide bonds. The average Bonchev–Trinajstić information content (AvgIpc) is 2.70. The van der Waals surface area contributed by atoms with Crippen LogP contribution in [0.4, 0.5) is 0 Å². The molecule has 16 heavy (non-hydrogen) atoms. The lowest BCUT2D eigenvalue weighted by Gasteiger charge is -2.03. The predicted molar refractivity (Wildman–Crippen MR) is 62.4 cm³/mol. The highest BCUT2D eigenvalue weighted by Gasteiger charge is 2.07. The summed E-state index contributed by atoms with van der Waals surface area (Å²) >= 11 is 3.43. The number of hydrogen-bond acceptors (Lipinski definition) is 2. The van der Waals surface area contributed by atoms with Gasteiger partial charge >= 0.3 is 5.97 Å². The van der Waals surface area contributed by atoms with E-state index in [2.05, 4.69) is 21.0 Å². The van der Waals surface area contributed by atoms with Gasteiger partial charge in [0.05, 0.1) is 6.54 Å². The normalized spacial score (nSPS) is 10.3. The summed E-state index contributed by atoms with van der Waals surface area (Å²) in [4.78, 5) is 10.6. The fourth-order valence-electron chi connectivity index (χ4n) is 1.36. The Labute approximate surface area is 101 Å². The third-order valence-corrected chi connectivity index (χ3v) is 2.92. The van der Waals surface area contributed by atoms with Crippen LogP contribution in [0.5, 0.6) is 0 Å². The molecule has 0 aliphatic carbocycles. The van der Waals surface area contributed by atoms with Crippen molar-refractivity contribution in [1.82, 2.24) is 9.78 Å². The van der Waals surface area contributed by atoms with Crippen molar-refractivity contribution in [2.45, 2.75) is 6.54 Å². The molecule has 0 spiro atoms. The number of aromatic carboxylic acids is 1. The molecular weight excluding hydrogens is 272 g/mol. The topological polar surface area (TPSA) is 55.1 Å². The maximum Gasteiger partial charge on any atom is 0.356 e. The number of rotatable bonds is 3. The summed E-state index contributed by atoms with van der Waals surface area (Å²) in [6, 6.07) is 9.25. The zero-order chi connectivity index (χ0) is 11.5. The molecule has 2 aromatic rings. The minimum absolute atomic E-state index is 0.0621. The van der Waals surface area contributed by atoms with Gasteiger partial charge in [-0.05, 0) is 17.7 Å². The molecule has 0 fully saturated rings. The third kappa shape index (κ3) is 2.30. The molecule has 0 bridgehead atoms. The Morgan fingerprint density at radius 1 is 1.38 bits per heavy atom. The minimum Gasteiger partial charge on any atom is -0.476 e. The van der Waals surface area contributed by atoms with Crippen LogP contribution in [0.1, 0.15) is 16.1 Å². The second kappa shape index (κ2) is 4.49. The van der Waals surface area contributed by atoms with Gasteiger partial charge < -0.3 is 5.11 Å². The molecule has 0 radical (unpaired) electrons. The maximum atomic E-state index is 10.6. The first-order chi connectivity index (χ1) is 7.66. The van der Waals surface area contributed by atoms with Gasteiger partial charge in [0.2, 0.25) is 0 Å². The van der Waals surface area contributed by atoms with Crippen molar-refractivity contribution in [1.29, 1.82) is 0 Å². The standard InChI is InChI=1S/C11H9BrN2O2/c12-9-4-2-1-3-8(9)7-14-6-5-10(13-14)11(15)16/h1-6H,7H2,(H,15,16). The van der Waals surface area contributed by atoms with E-state index >= 15 is 0 Å². The molecule has 0 unspecified atom stereocenters. The molecule has 2 rings (SSSR count). The average molecular weight is 281 g/mol. The number of aromatic nitrogens is 2. The van der Waals surface area contributed by atoms with Crippen LogP contribution in [0, 0.1) is 0 Å². The van der Waals surface area contributed by atoms with E-state index in [1.165, 1.54) is 6.07 Å². The van der Waals surface area contributed by atoms with Gasteiger partial charge in [-0.25, -0.2) is 4.79 Å². The van der Waals surface area contributed by atoms with E-state index in [-0.39, 0.29) is 5.69 Å². The van der Waals surface area contributed by atoms with Crippen LogP contribution in [0.15, 0.2) is 41.0 Å². The fourth-order valence-corrected chi connectivity index (χ4v) is 1.78. The number of carboxylic acid groups (broad SMARTS) is 1. The predicted octanol–water partition coefficient (Wildman–Crippen LogP) is 2.39. The molecule has 0 saturated carbocycles. The van der Waals surface area contributed by atoms with Gasteiger partial charge in [0.15, 0.2) is 5.69 Å². The Hall–Kier alpha value is -1.62. The molecule has 5 heteroatoms. The molecule has 1 aromatic carbocycles. The first-order valence-corrected chi connectivity index (χ1v) is 5.46. The summed E-state index contributed by atoms with van der Waals surface area (Å²) in [6.45, 7) is 0.550. The number of halogens is 1. The van der Waals surface area contributed by atoms with Crippen molar-refractivity contribution >= 4 is 21.9 Å². The van der Waals surface area contributed by atoms with Gasteiger partial charge in [0.25, 0.3) is 0 Å². The lowest BCUT2D eigenvalue weighted by Crippen LogP contribution is -2.04. The largest absolute Gasteiger partial charge is 0.476 e.